The fourth-order valence-electron chi connectivity index (χ4n) is 2.18. The van der Waals surface area contributed by atoms with Crippen LogP contribution in [0.15, 0.2) is 36.4 Å². The number of nitrogens with one attached hydrogen (secondary N) is 1. The van der Waals surface area contributed by atoms with Gasteiger partial charge in [-0.1, -0.05) is 30.3 Å². The Hall–Kier alpha value is -2.56. The average Bonchev–Trinajstić information content (AvgIpc) is 2.52. The highest BCUT2D eigenvalue weighted by molar-refractivity contribution is 5.94. The number of hydrogen-bond donors (Lipinski definition) is 2. The van der Waals surface area contributed by atoms with Crippen molar-refractivity contribution in [1.29, 1.82) is 0 Å². The Morgan fingerprint density at radius 2 is 2.00 bits per heavy atom. The predicted molar refractivity (Wildman–Crippen MR) is 80.9 cm³/mol. The van der Waals surface area contributed by atoms with Gasteiger partial charge in [0.05, 0.1) is 24.0 Å². The van der Waals surface area contributed by atoms with Crippen molar-refractivity contribution in [3.05, 3.63) is 58.9 Å². The summed E-state index contributed by atoms with van der Waals surface area (Å²) in [5.74, 6) is -1.18. The Labute approximate surface area is 122 Å². The van der Waals surface area contributed by atoms with E-state index in [9.17, 15) is 9.18 Å². The topological polar surface area (TPSA) is 64.3 Å². The number of methoxy groups -OCH3 is 1. The highest BCUT2D eigenvalue weighted by atomic mass is 19.1. The lowest BCUT2D eigenvalue weighted by Crippen LogP contribution is -2.12. The van der Waals surface area contributed by atoms with Crippen molar-refractivity contribution >= 4 is 17.3 Å². The van der Waals surface area contributed by atoms with Crippen LogP contribution in [0.25, 0.3) is 0 Å². The molecule has 2 aromatic carbocycles. The summed E-state index contributed by atoms with van der Waals surface area (Å²) >= 11 is 0. The molecule has 0 aliphatic rings. The van der Waals surface area contributed by atoms with E-state index in [1.165, 1.54) is 13.2 Å². The number of halogens is 1. The third kappa shape index (κ3) is 2.97. The van der Waals surface area contributed by atoms with E-state index in [4.69, 9.17) is 10.5 Å². The number of nitrogen functional groups attached to an aromatic ring is 1. The first-order chi connectivity index (χ1) is 10.1. The largest absolute Gasteiger partial charge is 0.465 e. The maximum Gasteiger partial charge on any atom is 0.338 e. The van der Waals surface area contributed by atoms with Gasteiger partial charge < -0.3 is 15.8 Å². The number of carbonyl (C=O) groups excluding carboxylic acids is 1. The molecule has 2 aromatic rings. The van der Waals surface area contributed by atoms with E-state index in [-0.39, 0.29) is 23.2 Å². The minimum absolute atomic E-state index is 0.00363. The van der Waals surface area contributed by atoms with Gasteiger partial charge in [-0.15, -0.1) is 0 Å². The summed E-state index contributed by atoms with van der Waals surface area (Å²) in [6.45, 7) is 0. The zero-order valence-electron chi connectivity index (χ0n) is 11.9. The predicted octanol–water partition coefficient (Wildman–Crippen LogP) is 2.83. The number of anilines is 2. The summed E-state index contributed by atoms with van der Waals surface area (Å²) in [6, 6.07) is 10.8. The quantitative estimate of drug-likeness (QED) is 0.670. The normalized spacial score (nSPS) is 10.2. The Kier molecular flexibility index (Phi) is 4.42. The van der Waals surface area contributed by atoms with Crippen molar-refractivity contribution in [2.24, 2.45) is 0 Å². The second-order valence-corrected chi connectivity index (χ2v) is 4.58. The van der Waals surface area contributed by atoms with Crippen molar-refractivity contribution in [2.75, 3.05) is 25.2 Å². The molecular weight excluding hydrogens is 271 g/mol. The van der Waals surface area contributed by atoms with E-state index in [1.807, 2.05) is 30.3 Å². The monoisotopic (exact) mass is 288 g/mol. The molecule has 0 saturated carbocycles. The van der Waals surface area contributed by atoms with Crippen LogP contribution in [0.3, 0.4) is 0 Å². The van der Waals surface area contributed by atoms with Crippen LogP contribution in [0, 0.1) is 5.82 Å². The highest BCUT2D eigenvalue weighted by Crippen LogP contribution is 2.30. The summed E-state index contributed by atoms with van der Waals surface area (Å²) in [6.07, 6.45) is 0.269. The van der Waals surface area contributed by atoms with Crippen molar-refractivity contribution in [2.45, 2.75) is 6.42 Å². The summed E-state index contributed by atoms with van der Waals surface area (Å²) in [5.41, 5.74) is 7.44. The Morgan fingerprint density at radius 3 is 2.57 bits per heavy atom. The molecule has 0 radical (unpaired) electrons. The Balaban J connectivity index is 2.57. The molecule has 0 unspecified atom stereocenters. The van der Waals surface area contributed by atoms with Crippen LogP contribution < -0.4 is 11.1 Å². The summed E-state index contributed by atoms with van der Waals surface area (Å²) in [5, 5.41) is 2.77. The molecule has 4 nitrogen and oxygen atoms in total. The molecule has 0 bridgehead atoms. The molecule has 0 spiro atoms. The van der Waals surface area contributed by atoms with Gasteiger partial charge in [0.25, 0.3) is 0 Å². The molecular formula is C16H17FN2O2. The number of rotatable bonds is 4. The first kappa shape index (κ1) is 14.8. The van der Waals surface area contributed by atoms with Crippen molar-refractivity contribution in [3.8, 4) is 0 Å². The zero-order chi connectivity index (χ0) is 15.4. The molecule has 110 valence electrons. The van der Waals surface area contributed by atoms with Crippen LogP contribution in [0.5, 0.6) is 0 Å². The van der Waals surface area contributed by atoms with Gasteiger partial charge in [0.1, 0.15) is 0 Å². The lowest BCUT2D eigenvalue weighted by molar-refractivity contribution is 0.0599. The van der Waals surface area contributed by atoms with Crippen LogP contribution in [-0.4, -0.2) is 20.1 Å². The number of esters is 1. The number of nitrogens with two attached hydrogens (primary N) is 1. The van der Waals surface area contributed by atoms with Crippen molar-refractivity contribution in [3.63, 3.8) is 0 Å². The summed E-state index contributed by atoms with van der Waals surface area (Å²) in [7, 11) is 2.88. The number of hydrogen-bond acceptors (Lipinski definition) is 4. The van der Waals surface area contributed by atoms with Crippen LogP contribution in [0.1, 0.15) is 21.5 Å². The van der Waals surface area contributed by atoms with Gasteiger partial charge in [-0.3, -0.25) is 0 Å². The van der Waals surface area contributed by atoms with Crippen LogP contribution in [0.2, 0.25) is 0 Å². The van der Waals surface area contributed by atoms with E-state index < -0.39 is 11.8 Å². The number of ether oxygens (including phenoxy) is 1. The molecule has 0 atom stereocenters. The third-order valence-corrected chi connectivity index (χ3v) is 3.30. The van der Waals surface area contributed by atoms with E-state index in [0.29, 0.717) is 5.69 Å². The summed E-state index contributed by atoms with van der Waals surface area (Å²) < 4.78 is 19.3. The molecule has 0 aliphatic carbocycles. The Morgan fingerprint density at radius 1 is 1.33 bits per heavy atom. The fourth-order valence-corrected chi connectivity index (χ4v) is 2.18. The molecule has 2 rings (SSSR count). The minimum Gasteiger partial charge on any atom is -0.465 e. The lowest BCUT2D eigenvalue weighted by atomic mass is 9.97. The van der Waals surface area contributed by atoms with Crippen molar-refractivity contribution in [1.82, 2.24) is 0 Å². The average molecular weight is 288 g/mol. The van der Waals surface area contributed by atoms with Gasteiger partial charge in [-0.05, 0) is 11.6 Å². The second kappa shape index (κ2) is 6.26. The fraction of sp³-hybridized carbons (Fsp3) is 0.188. The van der Waals surface area contributed by atoms with Crippen LogP contribution in [0.4, 0.5) is 15.8 Å². The third-order valence-electron chi connectivity index (χ3n) is 3.30. The van der Waals surface area contributed by atoms with Gasteiger partial charge >= 0.3 is 5.97 Å². The van der Waals surface area contributed by atoms with Crippen LogP contribution in [-0.2, 0) is 11.2 Å². The smallest absolute Gasteiger partial charge is 0.338 e. The van der Waals surface area contributed by atoms with Crippen molar-refractivity contribution < 1.29 is 13.9 Å². The Bertz CT molecular complexity index is 657. The zero-order valence-corrected chi connectivity index (χ0v) is 11.9. The maximum absolute atomic E-state index is 14.5. The van der Waals surface area contributed by atoms with Gasteiger partial charge in [0.15, 0.2) is 5.82 Å². The first-order valence-electron chi connectivity index (χ1n) is 6.49. The minimum atomic E-state index is -0.592. The van der Waals surface area contributed by atoms with Gasteiger partial charge in [0, 0.05) is 19.0 Å². The first-order valence-corrected chi connectivity index (χ1v) is 6.49. The van der Waals surface area contributed by atoms with Gasteiger partial charge in [-0.25, -0.2) is 9.18 Å². The van der Waals surface area contributed by atoms with Gasteiger partial charge in [0.2, 0.25) is 0 Å². The summed E-state index contributed by atoms with van der Waals surface area (Å²) in [4.78, 5) is 11.9. The van der Waals surface area contributed by atoms with Gasteiger partial charge in [-0.2, -0.15) is 0 Å². The molecule has 5 heteroatoms. The molecule has 3 N–H and O–H groups in total. The highest BCUT2D eigenvalue weighted by Gasteiger charge is 2.21. The van der Waals surface area contributed by atoms with Crippen LogP contribution >= 0.6 is 0 Å². The van der Waals surface area contributed by atoms with E-state index in [2.05, 4.69) is 5.32 Å². The number of carbonyl (C=O) groups is 1. The SMILES string of the molecule is CNc1cc(C(=O)OC)c(Cc2ccccc2)c(F)c1N. The van der Waals surface area contributed by atoms with E-state index in [1.54, 1.807) is 7.05 Å². The molecule has 0 saturated heterocycles. The maximum atomic E-state index is 14.5. The van der Waals surface area contributed by atoms with E-state index in [0.717, 1.165) is 5.56 Å². The molecule has 0 fully saturated rings. The molecule has 21 heavy (non-hydrogen) atoms. The lowest BCUT2D eigenvalue weighted by Gasteiger charge is -2.15. The molecule has 0 amide bonds. The number of benzene rings is 2. The standard InChI is InChI=1S/C16H17FN2O2/c1-19-13-9-12(16(20)21-2)11(14(17)15(13)18)8-10-6-4-3-5-7-10/h3-7,9,19H,8,18H2,1-2H3. The molecule has 0 heterocycles. The molecule has 0 aromatic heterocycles. The molecule has 0 aliphatic heterocycles. The van der Waals surface area contributed by atoms with E-state index >= 15 is 0 Å². The second-order valence-electron chi connectivity index (χ2n) is 4.58.